The van der Waals surface area contributed by atoms with E-state index >= 15 is 0 Å². The summed E-state index contributed by atoms with van der Waals surface area (Å²) < 4.78 is 45.6. The number of rotatable bonds is 5. The Bertz CT molecular complexity index is 398. The summed E-state index contributed by atoms with van der Waals surface area (Å²) >= 11 is 0. The highest BCUT2D eigenvalue weighted by atomic mass is 19.4. The number of alkyl halides is 3. The molecule has 0 aliphatic heterocycles. The Morgan fingerprint density at radius 1 is 1.17 bits per heavy atom. The summed E-state index contributed by atoms with van der Waals surface area (Å²) in [6.45, 7) is 2.00. The van der Waals surface area contributed by atoms with Crippen molar-refractivity contribution in [2.75, 3.05) is 19.0 Å². The number of halogens is 3. The molecule has 0 amide bonds. The summed E-state index contributed by atoms with van der Waals surface area (Å²) in [4.78, 5) is 11.1. The van der Waals surface area contributed by atoms with Crippen molar-refractivity contribution < 1.29 is 22.6 Å². The van der Waals surface area contributed by atoms with Crippen molar-refractivity contribution >= 4 is 5.95 Å². The molecule has 18 heavy (non-hydrogen) atoms. The van der Waals surface area contributed by atoms with E-state index in [1.165, 1.54) is 7.05 Å². The lowest BCUT2D eigenvalue weighted by molar-refractivity contribution is -0.154. The van der Waals surface area contributed by atoms with E-state index in [0.717, 1.165) is 0 Å². The number of nitrogens with zero attached hydrogens (tertiary/aromatic N) is 3. The van der Waals surface area contributed by atoms with Crippen LogP contribution >= 0.6 is 0 Å². The lowest BCUT2D eigenvalue weighted by atomic mass is 10.5. The number of nitrogens with one attached hydrogen (secondary N) is 1. The van der Waals surface area contributed by atoms with Crippen molar-refractivity contribution in [1.29, 1.82) is 0 Å². The van der Waals surface area contributed by atoms with Crippen molar-refractivity contribution in [2.24, 2.45) is 0 Å². The largest absolute Gasteiger partial charge is 0.461 e. The smallest absolute Gasteiger partial charge is 0.422 e. The molecule has 0 saturated heterocycles. The molecule has 0 radical (unpaired) electrons. The fourth-order valence-electron chi connectivity index (χ4n) is 0.924. The lowest BCUT2D eigenvalue weighted by Crippen LogP contribution is -2.21. The van der Waals surface area contributed by atoms with E-state index in [0.29, 0.717) is 0 Å². The summed E-state index contributed by atoms with van der Waals surface area (Å²) in [6.07, 6.45) is -4.67. The van der Waals surface area contributed by atoms with Crippen LogP contribution in [0.4, 0.5) is 19.1 Å². The van der Waals surface area contributed by atoms with E-state index in [4.69, 9.17) is 4.74 Å². The molecule has 0 spiro atoms. The molecule has 1 heterocycles. The summed E-state index contributed by atoms with van der Waals surface area (Å²) in [5.74, 6) is 0.0674. The van der Waals surface area contributed by atoms with Crippen molar-refractivity contribution in [3.63, 3.8) is 0 Å². The highest BCUT2D eigenvalue weighted by Gasteiger charge is 2.29. The standard InChI is InChI=1S/C9H13F3N4O2/c1-5(2)18-8-15-6(13-3)14-7(16-8)17-4-9(10,11)12/h5H,4H2,1-3H3,(H,13,14,15,16). The average Bonchev–Trinajstić information content (AvgIpc) is 2.24. The van der Waals surface area contributed by atoms with Crippen LogP contribution in [0, 0.1) is 0 Å². The Morgan fingerprint density at radius 3 is 2.28 bits per heavy atom. The molecule has 0 bridgehead atoms. The molecule has 1 aromatic heterocycles. The maximum absolute atomic E-state index is 12.0. The van der Waals surface area contributed by atoms with Crippen LogP contribution < -0.4 is 14.8 Å². The monoisotopic (exact) mass is 266 g/mol. The van der Waals surface area contributed by atoms with E-state index < -0.39 is 18.8 Å². The molecule has 0 aliphatic rings. The second kappa shape index (κ2) is 5.69. The van der Waals surface area contributed by atoms with Crippen molar-refractivity contribution in [3.05, 3.63) is 0 Å². The van der Waals surface area contributed by atoms with Gasteiger partial charge >= 0.3 is 18.2 Å². The number of hydrogen-bond acceptors (Lipinski definition) is 6. The molecular weight excluding hydrogens is 253 g/mol. The van der Waals surface area contributed by atoms with Crippen molar-refractivity contribution in [3.8, 4) is 12.0 Å². The molecule has 0 aromatic carbocycles. The number of anilines is 1. The number of hydrogen-bond donors (Lipinski definition) is 1. The molecule has 0 unspecified atom stereocenters. The van der Waals surface area contributed by atoms with Gasteiger partial charge in [0.15, 0.2) is 6.61 Å². The van der Waals surface area contributed by atoms with Crippen LogP contribution in [-0.2, 0) is 0 Å². The third-order valence-corrected chi connectivity index (χ3v) is 1.52. The highest BCUT2D eigenvalue weighted by molar-refractivity contribution is 5.26. The molecule has 9 heteroatoms. The van der Waals surface area contributed by atoms with E-state index in [1.807, 2.05) is 0 Å². The minimum atomic E-state index is -4.45. The molecule has 0 aliphatic carbocycles. The average molecular weight is 266 g/mol. The Balaban J connectivity index is 2.83. The first kappa shape index (κ1) is 14.3. The van der Waals surface area contributed by atoms with Crippen LogP contribution in [0.25, 0.3) is 0 Å². The van der Waals surface area contributed by atoms with Gasteiger partial charge in [-0.2, -0.15) is 23.1 Å². The Morgan fingerprint density at radius 2 is 1.78 bits per heavy atom. The topological polar surface area (TPSA) is 69.2 Å². The summed E-state index contributed by atoms with van der Waals surface area (Å²) in [5.41, 5.74) is 0. The maximum Gasteiger partial charge on any atom is 0.422 e. The Hall–Kier alpha value is -1.80. The van der Waals surface area contributed by atoms with Gasteiger partial charge in [-0.3, -0.25) is 0 Å². The third-order valence-electron chi connectivity index (χ3n) is 1.52. The normalized spacial score (nSPS) is 11.5. The third kappa shape index (κ3) is 5.02. The van der Waals surface area contributed by atoms with E-state index in [9.17, 15) is 13.2 Å². The Labute approximate surface area is 102 Å². The molecule has 6 nitrogen and oxygen atoms in total. The van der Waals surface area contributed by atoms with Crippen LogP contribution in [0.15, 0.2) is 0 Å². The summed E-state index contributed by atoms with van der Waals surface area (Å²) in [5, 5.41) is 2.57. The lowest BCUT2D eigenvalue weighted by Gasteiger charge is -2.11. The molecule has 0 saturated carbocycles. The van der Waals surface area contributed by atoms with Gasteiger partial charge in [0, 0.05) is 7.05 Å². The van der Waals surface area contributed by atoms with Gasteiger partial charge in [0.1, 0.15) is 0 Å². The zero-order valence-electron chi connectivity index (χ0n) is 10.1. The minimum Gasteiger partial charge on any atom is -0.461 e. The van der Waals surface area contributed by atoms with E-state index in [2.05, 4.69) is 25.0 Å². The molecule has 0 atom stereocenters. The highest BCUT2D eigenvalue weighted by Crippen LogP contribution is 2.18. The van der Waals surface area contributed by atoms with Gasteiger partial charge in [-0.25, -0.2) is 0 Å². The van der Waals surface area contributed by atoms with E-state index in [1.54, 1.807) is 13.8 Å². The van der Waals surface area contributed by atoms with Crippen LogP contribution in [0.2, 0.25) is 0 Å². The SMILES string of the molecule is CNc1nc(OCC(F)(F)F)nc(OC(C)C)n1. The molecule has 1 N–H and O–H groups in total. The predicted molar refractivity (Wildman–Crippen MR) is 56.7 cm³/mol. The van der Waals surface area contributed by atoms with Gasteiger partial charge in [-0.1, -0.05) is 0 Å². The predicted octanol–water partition coefficient (Wildman–Crippen LogP) is 1.64. The minimum absolute atomic E-state index is 0.0674. The van der Waals surface area contributed by atoms with Gasteiger partial charge in [-0.05, 0) is 13.8 Å². The van der Waals surface area contributed by atoms with Crippen LogP contribution in [0.5, 0.6) is 12.0 Å². The van der Waals surface area contributed by atoms with Gasteiger partial charge in [0.05, 0.1) is 6.10 Å². The second-order valence-electron chi connectivity index (χ2n) is 3.54. The first-order valence-electron chi connectivity index (χ1n) is 5.10. The fraction of sp³-hybridized carbons (Fsp3) is 0.667. The first-order valence-corrected chi connectivity index (χ1v) is 5.10. The zero-order valence-corrected chi connectivity index (χ0v) is 10.1. The quantitative estimate of drug-likeness (QED) is 0.873. The number of aromatic nitrogens is 3. The molecule has 102 valence electrons. The van der Waals surface area contributed by atoms with Crippen molar-refractivity contribution in [1.82, 2.24) is 15.0 Å². The van der Waals surface area contributed by atoms with Gasteiger partial charge in [-0.15, -0.1) is 4.98 Å². The zero-order chi connectivity index (χ0) is 13.8. The fourth-order valence-corrected chi connectivity index (χ4v) is 0.924. The van der Waals surface area contributed by atoms with Crippen LogP contribution in [0.1, 0.15) is 13.8 Å². The Kier molecular flexibility index (Phi) is 4.51. The summed E-state index contributed by atoms with van der Waals surface area (Å²) in [7, 11) is 1.52. The summed E-state index contributed by atoms with van der Waals surface area (Å²) in [6, 6.07) is -0.538. The van der Waals surface area contributed by atoms with Crippen LogP contribution in [-0.4, -0.2) is 40.9 Å². The molecular formula is C9H13F3N4O2. The maximum atomic E-state index is 12.0. The van der Waals surface area contributed by atoms with Crippen molar-refractivity contribution in [2.45, 2.75) is 26.1 Å². The van der Waals surface area contributed by atoms with Gasteiger partial charge in [0.25, 0.3) is 0 Å². The van der Waals surface area contributed by atoms with Gasteiger partial charge in [0.2, 0.25) is 5.95 Å². The molecule has 0 fully saturated rings. The van der Waals surface area contributed by atoms with E-state index in [-0.39, 0.29) is 18.1 Å². The first-order chi connectivity index (χ1) is 8.30. The number of ether oxygens (including phenoxy) is 2. The second-order valence-corrected chi connectivity index (χ2v) is 3.54. The van der Waals surface area contributed by atoms with Gasteiger partial charge < -0.3 is 14.8 Å². The van der Waals surface area contributed by atoms with Crippen LogP contribution in [0.3, 0.4) is 0 Å². The molecule has 1 aromatic rings. The molecule has 1 rings (SSSR count).